The molecule has 1 fully saturated rings. The number of benzene rings is 1. The lowest BCUT2D eigenvalue weighted by atomic mass is 10.2. The van der Waals surface area contributed by atoms with Gasteiger partial charge in [0.1, 0.15) is 5.69 Å². The minimum absolute atomic E-state index is 0.109. The van der Waals surface area contributed by atoms with Gasteiger partial charge >= 0.3 is 5.69 Å². The molecule has 0 radical (unpaired) electrons. The second-order valence-corrected chi connectivity index (χ2v) is 7.87. The topological polar surface area (TPSA) is 123 Å². The molecule has 0 atom stereocenters. The fourth-order valence-electron chi connectivity index (χ4n) is 2.76. The van der Waals surface area contributed by atoms with Gasteiger partial charge in [-0.3, -0.25) is 9.59 Å². The average Bonchev–Trinajstić information content (AvgIpc) is 3.07. The maximum atomic E-state index is 12.7. The van der Waals surface area contributed by atoms with E-state index in [1.807, 2.05) is 0 Å². The Morgan fingerprint density at radius 3 is 2.15 bits per heavy atom. The van der Waals surface area contributed by atoms with E-state index in [0.717, 1.165) is 0 Å². The van der Waals surface area contributed by atoms with Gasteiger partial charge in [0.05, 0.1) is 4.90 Å². The number of H-pyrrole nitrogens is 2. The van der Waals surface area contributed by atoms with E-state index < -0.39 is 15.7 Å². The van der Waals surface area contributed by atoms with Gasteiger partial charge in [0, 0.05) is 37.9 Å². The molecular weight excluding hydrogens is 360 g/mol. The highest BCUT2D eigenvalue weighted by molar-refractivity contribution is 7.89. The third-order valence-electron chi connectivity index (χ3n) is 4.25. The summed E-state index contributed by atoms with van der Waals surface area (Å²) in [6.07, 6.45) is 1.30. The molecule has 1 aliphatic rings. The molecule has 1 saturated heterocycles. The molecular formula is C16H18N4O5S. The van der Waals surface area contributed by atoms with Crippen molar-refractivity contribution in [2.24, 2.45) is 0 Å². The molecule has 2 aromatic rings. The molecule has 0 spiro atoms. The standard InChI is InChI=1S/C16H18N4O5S/c1-11(21)12-2-4-13(5-3-12)26(24,25)20-8-6-19(7-9-20)15(22)14-10-17-16(23)18-14/h2-5,10H,6-9H2,1H3,(H2,17,18,23). The number of amides is 1. The van der Waals surface area contributed by atoms with Crippen molar-refractivity contribution in [3.8, 4) is 0 Å². The number of aromatic amines is 2. The summed E-state index contributed by atoms with van der Waals surface area (Å²) in [5.74, 6) is -0.491. The summed E-state index contributed by atoms with van der Waals surface area (Å²) < 4.78 is 26.7. The van der Waals surface area contributed by atoms with Crippen molar-refractivity contribution in [2.45, 2.75) is 11.8 Å². The van der Waals surface area contributed by atoms with Crippen molar-refractivity contribution < 1.29 is 18.0 Å². The van der Waals surface area contributed by atoms with Gasteiger partial charge in [-0.1, -0.05) is 12.1 Å². The van der Waals surface area contributed by atoms with Gasteiger partial charge < -0.3 is 14.9 Å². The number of aromatic nitrogens is 2. The van der Waals surface area contributed by atoms with Crippen LogP contribution in [0.3, 0.4) is 0 Å². The van der Waals surface area contributed by atoms with Crippen LogP contribution in [0.25, 0.3) is 0 Å². The van der Waals surface area contributed by atoms with Crippen LogP contribution in [0.15, 0.2) is 40.2 Å². The largest absolute Gasteiger partial charge is 0.335 e. The second-order valence-electron chi connectivity index (χ2n) is 5.93. The summed E-state index contributed by atoms with van der Waals surface area (Å²) in [5, 5.41) is 0. The Bertz CT molecular complexity index is 982. The van der Waals surface area contributed by atoms with E-state index in [0.29, 0.717) is 5.56 Å². The molecule has 138 valence electrons. The summed E-state index contributed by atoms with van der Waals surface area (Å²) in [7, 11) is -3.69. The SMILES string of the molecule is CC(=O)c1ccc(S(=O)(=O)N2CCN(C(=O)c3c[nH]c(=O)[nH]3)CC2)cc1. The van der Waals surface area contributed by atoms with Crippen LogP contribution in [-0.4, -0.2) is 65.5 Å². The zero-order chi connectivity index (χ0) is 18.9. The van der Waals surface area contributed by atoms with Crippen molar-refractivity contribution in [1.82, 2.24) is 19.2 Å². The summed E-state index contributed by atoms with van der Waals surface area (Å²) >= 11 is 0. The number of carbonyl (C=O) groups is 2. The molecule has 9 nitrogen and oxygen atoms in total. The molecule has 10 heteroatoms. The molecule has 2 heterocycles. The molecule has 1 aliphatic heterocycles. The van der Waals surface area contributed by atoms with Crippen LogP contribution in [0.1, 0.15) is 27.8 Å². The van der Waals surface area contributed by atoms with Crippen LogP contribution in [-0.2, 0) is 10.0 Å². The van der Waals surface area contributed by atoms with Crippen molar-refractivity contribution in [3.63, 3.8) is 0 Å². The van der Waals surface area contributed by atoms with E-state index in [4.69, 9.17) is 0 Å². The van der Waals surface area contributed by atoms with Crippen molar-refractivity contribution in [1.29, 1.82) is 0 Å². The Kier molecular flexibility index (Phi) is 4.79. The minimum atomic E-state index is -3.69. The summed E-state index contributed by atoms with van der Waals surface area (Å²) in [4.78, 5) is 41.0. The van der Waals surface area contributed by atoms with Crippen LogP contribution in [0, 0.1) is 0 Å². The first-order chi connectivity index (χ1) is 12.3. The van der Waals surface area contributed by atoms with Crippen molar-refractivity contribution in [2.75, 3.05) is 26.2 Å². The van der Waals surface area contributed by atoms with Gasteiger partial charge in [0.25, 0.3) is 5.91 Å². The molecule has 2 N–H and O–H groups in total. The van der Waals surface area contributed by atoms with E-state index in [9.17, 15) is 22.8 Å². The predicted octanol–water partition coefficient (Wildman–Crippen LogP) is 0.0523. The molecule has 1 aromatic heterocycles. The molecule has 3 rings (SSSR count). The van der Waals surface area contributed by atoms with Crippen LogP contribution in [0.4, 0.5) is 0 Å². The minimum Gasteiger partial charge on any atom is -0.335 e. The van der Waals surface area contributed by atoms with Crippen LogP contribution in [0.2, 0.25) is 0 Å². The molecule has 1 aromatic carbocycles. The molecule has 0 saturated carbocycles. The van der Waals surface area contributed by atoms with Crippen LogP contribution in [0.5, 0.6) is 0 Å². The number of sulfonamides is 1. The lowest BCUT2D eigenvalue weighted by Gasteiger charge is -2.33. The number of rotatable bonds is 4. The highest BCUT2D eigenvalue weighted by atomic mass is 32.2. The maximum absolute atomic E-state index is 12.7. The third-order valence-corrected chi connectivity index (χ3v) is 6.16. The summed E-state index contributed by atoms with van der Waals surface area (Å²) in [6.45, 7) is 2.15. The Morgan fingerprint density at radius 1 is 1.04 bits per heavy atom. The first-order valence-corrected chi connectivity index (χ1v) is 9.41. The number of nitrogens with zero attached hydrogens (tertiary/aromatic N) is 2. The molecule has 0 bridgehead atoms. The summed E-state index contributed by atoms with van der Waals surface area (Å²) in [5.41, 5.74) is 0.120. The monoisotopic (exact) mass is 378 g/mol. The van der Waals surface area contributed by atoms with E-state index in [1.54, 1.807) is 0 Å². The average molecular weight is 378 g/mol. The lowest BCUT2D eigenvalue weighted by molar-refractivity contribution is 0.0692. The smallest absolute Gasteiger partial charge is 0.323 e. The predicted molar refractivity (Wildman–Crippen MR) is 92.5 cm³/mol. The Labute approximate surface area is 149 Å². The number of piperazine rings is 1. The number of imidazole rings is 1. The zero-order valence-corrected chi connectivity index (χ0v) is 14.9. The van der Waals surface area contributed by atoms with Gasteiger partial charge in [-0.15, -0.1) is 0 Å². The van der Waals surface area contributed by atoms with Gasteiger partial charge in [0.2, 0.25) is 10.0 Å². The quantitative estimate of drug-likeness (QED) is 0.728. The number of hydrogen-bond acceptors (Lipinski definition) is 5. The highest BCUT2D eigenvalue weighted by Gasteiger charge is 2.30. The Balaban J connectivity index is 1.69. The summed E-state index contributed by atoms with van der Waals surface area (Å²) in [6, 6.07) is 5.79. The van der Waals surface area contributed by atoms with E-state index >= 15 is 0 Å². The normalized spacial score (nSPS) is 15.8. The van der Waals surface area contributed by atoms with Crippen LogP contribution >= 0.6 is 0 Å². The number of nitrogens with one attached hydrogen (secondary N) is 2. The molecule has 1 amide bonds. The van der Waals surface area contributed by atoms with E-state index in [-0.39, 0.29) is 48.5 Å². The van der Waals surface area contributed by atoms with E-state index in [1.165, 1.54) is 46.6 Å². The first-order valence-electron chi connectivity index (χ1n) is 7.97. The van der Waals surface area contributed by atoms with Gasteiger partial charge in [-0.2, -0.15) is 4.31 Å². The number of Topliss-reactive ketones (excluding diaryl/α,β-unsaturated/α-hetero) is 1. The third kappa shape index (κ3) is 3.46. The molecule has 26 heavy (non-hydrogen) atoms. The van der Waals surface area contributed by atoms with Crippen LogP contribution < -0.4 is 5.69 Å². The van der Waals surface area contributed by atoms with Gasteiger partial charge in [-0.25, -0.2) is 13.2 Å². The molecule has 0 unspecified atom stereocenters. The second kappa shape index (κ2) is 6.89. The Morgan fingerprint density at radius 2 is 1.65 bits per heavy atom. The Hall–Kier alpha value is -2.72. The van der Waals surface area contributed by atoms with E-state index in [2.05, 4.69) is 9.97 Å². The number of carbonyl (C=O) groups excluding carboxylic acids is 2. The van der Waals surface area contributed by atoms with Crippen molar-refractivity contribution in [3.05, 3.63) is 52.2 Å². The van der Waals surface area contributed by atoms with Gasteiger partial charge in [-0.05, 0) is 19.1 Å². The number of ketones is 1. The first kappa shape index (κ1) is 18.1. The van der Waals surface area contributed by atoms with Crippen molar-refractivity contribution >= 4 is 21.7 Å². The fourth-order valence-corrected chi connectivity index (χ4v) is 4.18. The fraction of sp³-hybridized carbons (Fsp3) is 0.312. The van der Waals surface area contributed by atoms with Gasteiger partial charge in [0.15, 0.2) is 5.78 Å². The lowest BCUT2D eigenvalue weighted by Crippen LogP contribution is -2.50. The molecule has 0 aliphatic carbocycles. The number of hydrogen-bond donors (Lipinski definition) is 2. The highest BCUT2D eigenvalue weighted by Crippen LogP contribution is 2.19. The zero-order valence-electron chi connectivity index (χ0n) is 14.1. The maximum Gasteiger partial charge on any atom is 0.323 e.